The van der Waals surface area contributed by atoms with Crippen LogP contribution in [-0.2, 0) is 19.1 Å². The molecule has 0 aromatic heterocycles. The number of fused-ring (bicyclic) bond motifs is 1. The molecule has 1 N–H and O–H groups in total. The Morgan fingerprint density at radius 3 is 2.72 bits per heavy atom. The number of hydrogen-bond acceptors (Lipinski definition) is 6. The van der Waals surface area contributed by atoms with Crippen LogP contribution in [0.3, 0.4) is 0 Å². The highest BCUT2D eigenvalue weighted by Crippen LogP contribution is 2.68. The first kappa shape index (κ1) is 29.9. The lowest BCUT2D eigenvalue weighted by atomic mass is 9.71. The van der Waals surface area contributed by atoms with Crippen molar-refractivity contribution >= 4 is 51.2 Å². The molecule has 0 aliphatic carbocycles. The zero-order valence-corrected chi connectivity index (χ0v) is 25.4. The minimum absolute atomic E-state index is 0.0434. The third kappa shape index (κ3) is 5.22. The fourth-order valence-corrected chi connectivity index (χ4v) is 10.0. The third-order valence-corrected chi connectivity index (χ3v) is 11.5. The zero-order valence-electron chi connectivity index (χ0n) is 23.0. The van der Waals surface area contributed by atoms with Gasteiger partial charge in [-0.15, -0.1) is 24.9 Å². The molecular formula is C30H39BrN2O5S. The van der Waals surface area contributed by atoms with Gasteiger partial charge in [-0.3, -0.25) is 14.4 Å². The fourth-order valence-electron chi connectivity index (χ4n) is 6.43. The van der Waals surface area contributed by atoms with E-state index in [1.165, 1.54) is 0 Å². The van der Waals surface area contributed by atoms with E-state index in [9.17, 15) is 19.5 Å². The molecule has 1 aromatic rings. The number of esters is 1. The van der Waals surface area contributed by atoms with Gasteiger partial charge in [0.05, 0.1) is 35.8 Å². The van der Waals surface area contributed by atoms with Crippen LogP contribution in [0.4, 0.5) is 5.69 Å². The number of unbranched alkanes of at least 4 members (excludes halogenated alkanes) is 2. The largest absolute Gasteiger partial charge is 0.465 e. The van der Waals surface area contributed by atoms with Crippen molar-refractivity contribution in [1.29, 1.82) is 0 Å². The summed E-state index contributed by atoms with van der Waals surface area (Å²) in [7, 11) is 0. The Labute approximate surface area is 244 Å². The van der Waals surface area contributed by atoms with Crippen LogP contribution < -0.4 is 4.90 Å². The number of aliphatic hydroxyl groups is 1. The predicted molar refractivity (Wildman–Crippen MR) is 159 cm³/mol. The van der Waals surface area contributed by atoms with E-state index in [0.717, 1.165) is 36.1 Å². The number of halogens is 1. The molecule has 2 amide bonds. The minimum Gasteiger partial charge on any atom is -0.465 e. The van der Waals surface area contributed by atoms with Crippen LogP contribution in [0, 0.1) is 25.7 Å². The highest BCUT2D eigenvalue weighted by molar-refractivity contribution is 9.09. The first-order chi connectivity index (χ1) is 18.6. The number of nitrogens with zero attached hydrogens (tertiary/aromatic N) is 2. The summed E-state index contributed by atoms with van der Waals surface area (Å²) in [5, 5.41) is 9.98. The van der Waals surface area contributed by atoms with Crippen LogP contribution in [0.25, 0.3) is 0 Å². The number of likely N-dealkylation sites (tertiary alicyclic amines) is 1. The first-order valence-electron chi connectivity index (χ1n) is 13.6. The summed E-state index contributed by atoms with van der Waals surface area (Å²) in [6.45, 7) is 13.6. The van der Waals surface area contributed by atoms with E-state index >= 15 is 0 Å². The summed E-state index contributed by atoms with van der Waals surface area (Å²) < 4.78 is 4.89. The molecule has 3 fully saturated rings. The molecule has 2 bridgehead atoms. The number of rotatable bonds is 12. The van der Waals surface area contributed by atoms with Crippen molar-refractivity contribution in [3.05, 3.63) is 54.6 Å². The van der Waals surface area contributed by atoms with Gasteiger partial charge in [-0.2, -0.15) is 0 Å². The number of hydrogen-bond donors (Lipinski definition) is 1. The van der Waals surface area contributed by atoms with Gasteiger partial charge in [-0.1, -0.05) is 40.2 Å². The number of anilines is 1. The van der Waals surface area contributed by atoms with Gasteiger partial charge < -0.3 is 19.6 Å². The van der Waals surface area contributed by atoms with Gasteiger partial charge in [0, 0.05) is 22.3 Å². The number of carbonyl (C=O) groups is 3. The summed E-state index contributed by atoms with van der Waals surface area (Å²) in [5.74, 6) is -2.19. The van der Waals surface area contributed by atoms with E-state index in [-0.39, 0.29) is 41.0 Å². The summed E-state index contributed by atoms with van der Waals surface area (Å²) in [5.41, 5.74) is 2.73. The lowest BCUT2D eigenvalue weighted by Crippen LogP contribution is -2.57. The van der Waals surface area contributed by atoms with E-state index in [0.29, 0.717) is 13.0 Å². The first-order valence-corrected chi connectivity index (χ1v) is 15.4. The Morgan fingerprint density at radius 1 is 1.31 bits per heavy atom. The van der Waals surface area contributed by atoms with E-state index in [4.69, 9.17) is 4.74 Å². The van der Waals surface area contributed by atoms with E-state index in [2.05, 4.69) is 29.1 Å². The van der Waals surface area contributed by atoms with Crippen molar-refractivity contribution in [2.75, 3.05) is 24.7 Å². The molecule has 3 aliphatic heterocycles. The van der Waals surface area contributed by atoms with Crippen molar-refractivity contribution in [3.8, 4) is 0 Å². The number of alkyl halides is 1. The number of carbonyl (C=O) groups excluding carboxylic acids is 3. The van der Waals surface area contributed by atoms with Gasteiger partial charge in [0.25, 0.3) is 5.91 Å². The SMILES string of the molecule is C=CCCCCOC(=O)[C@H]1[C@H]2C(=O)N([C@H](C)CO)C(C(=O)N(CC=C)c3cc(C)ccc3C)C23CC(Br)[C@@H]1S3. The fraction of sp³-hybridized carbons (Fsp3) is 0.567. The van der Waals surface area contributed by atoms with Crippen LogP contribution in [0.15, 0.2) is 43.5 Å². The maximum Gasteiger partial charge on any atom is 0.310 e. The Kier molecular flexibility index (Phi) is 9.33. The topological polar surface area (TPSA) is 87.1 Å². The zero-order chi connectivity index (χ0) is 28.5. The molecule has 3 unspecified atom stereocenters. The third-order valence-electron chi connectivity index (χ3n) is 8.25. The molecule has 9 heteroatoms. The molecule has 4 rings (SSSR count). The highest BCUT2D eigenvalue weighted by atomic mass is 79.9. The maximum absolute atomic E-state index is 14.6. The van der Waals surface area contributed by atoms with Crippen molar-refractivity contribution in [3.63, 3.8) is 0 Å². The molecule has 7 nitrogen and oxygen atoms in total. The van der Waals surface area contributed by atoms with Crippen molar-refractivity contribution in [2.24, 2.45) is 11.8 Å². The Bertz CT molecular complexity index is 1140. The molecule has 0 radical (unpaired) electrons. The number of thioether (sulfide) groups is 1. The molecule has 3 saturated heterocycles. The lowest BCUT2D eigenvalue weighted by Gasteiger charge is -2.39. The minimum atomic E-state index is -0.836. The van der Waals surface area contributed by atoms with Crippen LogP contribution >= 0.6 is 27.7 Å². The van der Waals surface area contributed by atoms with Crippen LogP contribution in [-0.4, -0.2) is 74.5 Å². The molecular weight excluding hydrogens is 580 g/mol. The monoisotopic (exact) mass is 618 g/mol. The van der Waals surface area contributed by atoms with E-state index in [1.807, 2.05) is 38.1 Å². The van der Waals surface area contributed by atoms with Crippen LogP contribution in [0.1, 0.15) is 43.7 Å². The normalized spacial score (nSPS) is 29.7. The van der Waals surface area contributed by atoms with Crippen molar-refractivity contribution in [1.82, 2.24) is 4.90 Å². The summed E-state index contributed by atoms with van der Waals surface area (Å²) in [6, 6.07) is 4.54. The summed E-state index contributed by atoms with van der Waals surface area (Å²) in [4.78, 5) is 45.4. The number of allylic oxidation sites excluding steroid dienone is 1. The van der Waals surface area contributed by atoms with Gasteiger partial charge in [-0.05, 0) is 63.6 Å². The average molecular weight is 620 g/mol. The molecule has 39 heavy (non-hydrogen) atoms. The van der Waals surface area contributed by atoms with Gasteiger partial charge in [0.2, 0.25) is 5.91 Å². The number of ether oxygens (including phenoxy) is 1. The van der Waals surface area contributed by atoms with E-state index < -0.39 is 28.7 Å². The van der Waals surface area contributed by atoms with Crippen molar-refractivity contribution in [2.45, 2.75) is 73.4 Å². The van der Waals surface area contributed by atoms with E-state index in [1.54, 1.807) is 34.6 Å². The highest BCUT2D eigenvalue weighted by Gasteiger charge is 2.76. The Hall–Kier alpha value is -2.10. The van der Waals surface area contributed by atoms with Crippen LogP contribution in [0.5, 0.6) is 0 Å². The molecule has 212 valence electrons. The predicted octanol–water partition coefficient (Wildman–Crippen LogP) is 4.57. The summed E-state index contributed by atoms with van der Waals surface area (Å²) >= 11 is 5.36. The molecule has 7 atom stereocenters. The second-order valence-electron chi connectivity index (χ2n) is 10.9. The van der Waals surface area contributed by atoms with Gasteiger partial charge in [-0.25, -0.2) is 0 Å². The lowest BCUT2D eigenvalue weighted by molar-refractivity contribution is -0.154. The quantitative estimate of drug-likeness (QED) is 0.160. The Balaban J connectivity index is 1.73. The molecule has 1 aromatic carbocycles. The smallest absolute Gasteiger partial charge is 0.310 e. The van der Waals surface area contributed by atoms with Gasteiger partial charge >= 0.3 is 5.97 Å². The molecule has 0 saturated carbocycles. The van der Waals surface area contributed by atoms with Crippen LogP contribution in [0.2, 0.25) is 0 Å². The van der Waals surface area contributed by atoms with Gasteiger partial charge in [0.15, 0.2) is 0 Å². The molecule has 3 heterocycles. The number of aryl methyl sites for hydroxylation is 2. The maximum atomic E-state index is 14.6. The average Bonchev–Trinajstić information content (AvgIpc) is 3.51. The number of amides is 2. The number of aliphatic hydroxyl groups excluding tert-OH is 1. The van der Waals surface area contributed by atoms with Gasteiger partial charge in [0.1, 0.15) is 6.04 Å². The Morgan fingerprint density at radius 2 is 2.05 bits per heavy atom. The summed E-state index contributed by atoms with van der Waals surface area (Å²) in [6.07, 6.45) is 6.55. The second-order valence-corrected chi connectivity index (χ2v) is 13.6. The number of benzene rings is 1. The molecule has 3 aliphatic rings. The van der Waals surface area contributed by atoms with Crippen molar-refractivity contribution < 1.29 is 24.2 Å². The standard InChI is InChI=1S/C30H39BrN2O5S/c1-6-8-9-10-14-38-29(37)23-24-27(35)33(20(5)17-34)26(30(24)16-21(31)25(23)39-30)28(36)32(13-7-2)22-15-18(3)11-12-19(22)4/h6-7,11-12,15,20-21,23-26,34H,1-2,8-10,13-14,16-17H2,3-5H3/t20-,21?,23+,24+,25+,26?,30?/m1/s1. The molecule has 1 spiro atoms. The second kappa shape index (κ2) is 12.2.